The number of rotatable bonds is 39. The fraction of sp³-hybridized carbons (Fsp3) is 0.651. The van der Waals surface area contributed by atoms with Crippen molar-refractivity contribution in [1.82, 2.24) is 37.2 Å². The van der Waals surface area contributed by atoms with Gasteiger partial charge in [0.1, 0.15) is 30.5 Å². The van der Waals surface area contributed by atoms with Crippen molar-refractivity contribution in [3.8, 4) is 5.75 Å². The van der Waals surface area contributed by atoms with Crippen LogP contribution in [0.15, 0.2) is 29.3 Å². The maximum absolute atomic E-state index is 13.6. The van der Waals surface area contributed by atoms with Gasteiger partial charge < -0.3 is 83.3 Å². The Hall–Kier alpha value is -5.95. The predicted octanol–water partition coefficient (Wildman–Crippen LogP) is -3.05. The van der Waals surface area contributed by atoms with E-state index < -0.39 is 78.6 Å². The van der Waals surface area contributed by atoms with E-state index in [-0.39, 0.29) is 50.4 Å². The molecule has 0 aromatic heterocycles. The Labute approximate surface area is 391 Å². The van der Waals surface area contributed by atoms with E-state index in [9.17, 15) is 38.4 Å². The summed E-state index contributed by atoms with van der Waals surface area (Å²) in [4.78, 5) is 103. The number of hydrogen-bond acceptors (Lipinski definition) is 15. The van der Waals surface area contributed by atoms with Crippen LogP contribution in [0.4, 0.5) is 0 Å². The highest BCUT2D eigenvalue weighted by Crippen LogP contribution is 2.14. The number of guanidine groups is 1. The Morgan fingerprint density at radius 3 is 1.87 bits per heavy atom. The van der Waals surface area contributed by atoms with Gasteiger partial charge in [0.25, 0.3) is 0 Å². The molecule has 0 unspecified atom stereocenters. The van der Waals surface area contributed by atoms with Crippen LogP contribution in [0.5, 0.6) is 5.75 Å². The van der Waals surface area contributed by atoms with Crippen LogP contribution in [0, 0.1) is 5.92 Å². The standard InChI is InChI=1S/C43H73N11O13/c1-29(2)39(42(63)53-33(8-4-14-50-43(45)46)40(61)51-27-37(58)52-31(28-55)25-38(59)60)54-41(62)34(47-3)24-30-9-11-32(12-10-30)67-19-7-16-49-36(57)26-35(56)48-15-6-18-65-21-23-66-22-20-64-17-5-13-44/h9-12,28-29,31,33-34,39,47H,4-8,13-27,44H2,1-3H3,(H,48,56)(H,49,57)(H,51,61)(H,52,58)(H,53,63)(H,54,62)(H,59,60)(H4,45,46,50)/t31-,33-,34+,39-/m0/s1. The van der Waals surface area contributed by atoms with Crippen LogP contribution in [0.25, 0.3) is 0 Å². The Morgan fingerprint density at radius 2 is 1.31 bits per heavy atom. The molecule has 1 aromatic rings. The van der Waals surface area contributed by atoms with Gasteiger partial charge in [-0.3, -0.25) is 38.6 Å². The van der Waals surface area contributed by atoms with Crippen molar-refractivity contribution < 1.29 is 62.4 Å². The maximum Gasteiger partial charge on any atom is 0.305 e. The lowest BCUT2D eigenvalue weighted by Gasteiger charge is -2.27. The number of likely N-dealkylation sites (N-methyl/N-ethyl adjacent to an activating group) is 1. The molecule has 0 fully saturated rings. The highest BCUT2D eigenvalue weighted by molar-refractivity contribution is 5.97. The number of benzene rings is 1. The summed E-state index contributed by atoms with van der Waals surface area (Å²) in [7, 11) is 1.60. The number of aldehydes is 1. The van der Waals surface area contributed by atoms with Gasteiger partial charge in [-0.15, -0.1) is 0 Å². The van der Waals surface area contributed by atoms with Gasteiger partial charge in [0.2, 0.25) is 35.4 Å². The fourth-order valence-corrected chi connectivity index (χ4v) is 5.87. The summed E-state index contributed by atoms with van der Waals surface area (Å²) in [5, 5.41) is 27.3. The zero-order chi connectivity index (χ0) is 49.8. The van der Waals surface area contributed by atoms with Crippen molar-refractivity contribution in [1.29, 1.82) is 0 Å². The number of aliphatic carboxylic acids is 1. The molecule has 4 atom stereocenters. The summed E-state index contributed by atoms with van der Waals surface area (Å²) < 4.78 is 22.0. The molecule has 0 aliphatic heterocycles. The molecular weight excluding hydrogens is 879 g/mol. The monoisotopic (exact) mass is 952 g/mol. The van der Waals surface area contributed by atoms with E-state index in [2.05, 4.69) is 42.2 Å². The van der Waals surface area contributed by atoms with Gasteiger partial charge in [0, 0.05) is 32.8 Å². The number of carbonyl (C=O) groups is 8. The number of carbonyl (C=O) groups excluding carboxylic acids is 7. The first-order valence-corrected chi connectivity index (χ1v) is 22.4. The Balaban J connectivity index is 2.55. The minimum absolute atomic E-state index is 0.0465. The zero-order valence-electron chi connectivity index (χ0n) is 38.9. The lowest BCUT2D eigenvalue weighted by Crippen LogP contribution is -2.58. The smallest absolute Gasteiger partial charge is 0.305 e. The summed E-state index contributed by atoms with van der Waals surface area (Å²) >= 11 is 0. The van der Waals surface area contributed by atoms with Crippen LogP contribution in [-0.2, 0) is 59.0 Å². The summed E-state index contributed by atoms with van der Waals surface area (Å²) in [6.07, 6.45) is 1.77. The molecule has 1 aromatic carbocycles. The quantitative estimate of drug-likeness (QED) is 0.0103. The molecule has 0 spiro atoms. The normalized spacial score (nSPS) is 12.7. The van der Waals surface area contributed by atoms with E-state index in [1.165, 1.54) is 0 Å². The fourth-order valence-electron chi connectivity index (χ4n) is 5.87. The number of nitrogens with two attached hydrogens (primary N) is 3. The maximum atomic E-state index is 13.6. The van der Waals surface area contributed by atoms with Crippen molar-refractivity contribution in [2.24, 2.45) is 28.1 Å². The van der Waals surface area contributed by atoms with Crippen molar-refractivity contribution >= 4 is 53.7 Å². The highest BCUT2D eigenvalue weighted by atomic mass is 16.5. The second-order valence-electron chi connectivity index (χ2n) is 15.5. The molecule has 14 N–H and O–H groups in total. The molecule has 0 radical (unpaired) electrons. The first-order valence-electron chi connectivity index (χ1n) is 22.4. The van der Waals surface area contributed by atoms with E-state index in [4.69, 9.17) is 41.3 Å². The molecule has 0 saturated carbocycles. The van der Waals surface area contributed by atoms with Crippen LogP contribution >= 0.6 is 0 Å². The molecule has 1 rings (SSSR count). The number of nitrogens with one attached hydrogen (secondary N) is 7. The number of carboxylic acids is 1. The third kappa shape index (κ3) is 29.3. The molecular formula is C43H73N11O13. The SMILES string of the molecule is CN[C@H](Cc1ccc(OCCCNC(=O)CC(=O)NCCCOCCOCCOCCCN)cc1)C(=O)N[C@H](C(=O)N[C@@H](CCCN=C(N)N)C(=O)NCC(=O)N[C@H](C=O)CC(=O)O)C(C)C. The van der Waals surface area contributed by atoms with Crippen LogP contribution in [0.3, 0.4) is 0 Å². The van der Waals surface area contributed by atoms with E-state index in [0.29, 0.717) is 84.5 Å². The molecule has 0 aliphatic carbocycles. The van der Waals surface area contributed by atoms with E-state index >= 15 is 0 Å². The van der Waals surface area contributed by atoms with E-state index in [1.807, 2.05) is 0 Å². The number of nitrogens with zero attached hydrogens (tertiary/aromatic N) is 1. The minimum atomic E-state index is -1.31. The highest BCUT2D eigenvalue weighted by Gasteiger charge is 2.31. The lowest BCUT2D eigenvalue weighted by molar-refractivity contribution is -0.139. The van der Waals surface area contributed by atoms with Crippen LogP contribution in [-0.4, -0.2) is 169 Å². The zero-order valence-corrected chi connectivity index (χ0v) is 38.9. The number of amides is 6. The molecule has 0 saturated heterocycles. The number of aliphatic imine (C=N–C) groups is 1. The van der Waals surface area contributed by atoms with Gasteiger partial charge in [-0.05, 0) is 75.7 Å². The number of hydrogen-bond donors (Lipinski definition) is 11. The average molecular weight is 952 g/mol. The lowest BCUT2D eigenvalue weighted by atomic mass is 10.00. The van der Waals surface area contributed by atoms with Crippen LogP contribution in [0.1, 0.15) is 64.4 Å². The van der Waals surface area contributed by atoms with Crippen LogP contribution < -0.4 is 59.2 Å². The predicted molar refractivity (Wildman–Crippen MR) is 246 cm³/mol. The molecule has 0 heterocycles. The second kappa shape index (κ2) is 36.2. The first-order chi connectivity index (χ1) is 32.1. The van der Waals surface area contributed by atoms with Gasteiger partial charge in [0.05, 0.1) is 58.1 Å². The average Bonchev–Trinajstić information content (AvgIpc) is 3.28. The molecule has 0 bridgehead atoms. The molecule has 0 aliphatic rings. The summed E-state index contributed by atoms with van der Waals surface area (Å²) in [5.74, 6) is -4.83. The van der Waals surface area contributed by atoms with Crippen molar-refractivity contribution in [2.75, 3.05) is 86.0 Å². The first kappa shape index (κ1) is 59.1. The van der Waals surface area contributed by atoms with Crippen molar-refractivity contribution in [3.05, 3.63) is 29.8 Å². The third-order valence-electron chi connectivity index (χ3n) is 9.44. The summed E-state index contributed by atoms with van der Waals surface area (Å²) in [5.41, 5.74) is 17.0. The third-order valence-corrected chi connectivity index (χ3v) is 9.44. The van der Waals surface area contributed by atoms with Gasteiger partial charge >= 0.3 is 5.97 Å². The minimum Gasteiger partial charge on any atom is -0.494 e. The molecule has 24 nitrogen and oxygen atoms in total. The number of carboxylic acid groups (broad SMARTS) is 1. The van der Waals surface area contributed by atoms with E-state index in [1.54, 1.807) is 45.2 Å². The van der Waals surface area contributed by atoms with Crippen molar-refractivity contribution in [3.63, 3.8) is 0 Å². The summed E-state index contributed by atoms with van der Waals surface area (Å²) in [6, 6.07) is 2.76. The summed E-state index contributed by atoms with van der Waals surface area (Å²) in [6.45, 7) is 7.46. The number of ether oxygens (including phenoxy) is 4. The molecule has 378 valence electrons. The molecule has 24 heteroatoms. The topological polar surface area (TPSA) is 368 Å². The second-order valence-corrected chi connectivity index (χ2v) is 15.5. The van der Waals surface area contributed by atoms with Gasteiger partial charge in [0.15, 0.2) is 5.96 Å². The van der Waals surface area contributed by atoms with Gasteiger partial charge in [-0.1, -0.05) is 26.0 Å². The molecule has 67 heavy (non-hydrogen) atoms. The Kier molecular flexibility index (Phi) is 31.9. The van der Waals surface area contributed by atoms with Gasteiger partial charge in [-0.2, -0.15) is 0 Å². The molecule has 6 amide bonds. The van der Waals surface area contributed by atoms with E-state index in [0.717, 1.165) is 12.0 Å². The van der Waals surface area contributed by atoms with Crippen LogP contribution in [0.2, 0.25) is 0 Å². The van der Waals surface area contributed by atoms with Crippen molar-refractivity contribution in [2.45, 2.75) is 89.4 Å². The van der Waals surface area contributed by atoms with Gasteiger partial charge in [-0.25, -0.2) is 0 Å². The largest absolute Gasteiger partial charge is 0.494 e. The Bertz CT molecular complexity index is 1680. The Morgan fingerprint density at radius 1 is 0.716 bits per heavy atom.